The summed E-state index contributed by atoms with van der Waals surface area (Å²) >= 11 is 5.94. The summed E-state index contributed by atoms with van der Waals surface area (Å²) in [5.41, 5.74) is 1.33. The highest BCUT2D eigenvalue weighted by Crippen LogP contribution is 2.20. The van der Waals surface area contributed by atoms with Gasteiger partial charge >= 0.3 is 0 Å². The standard InChI is InChI=1S/C15H15ClN2O2/c1-18(10-11-6-3-4-8-13(11)20-2)15(19)12-7-5-9-17-14(12)16/h3-9H,10H2,1-2H3. The van der Waals surface area contributed by atoms with Crippen LogP contribution in [0.1, 0.15) is 15.9 Å². The van der Waals surface area contributed by atoms with Gasteiger partial charge in [-0.3, -0.25) is 4.79 Å². The molecule has 0 radical (unpaired) electrons. The van der Waals surface area contributed by atoms with Gasteiger partial charge < -0.3 is 9.64 Å². The van der Waals surface area contributed by atoms with Crippen LogP contribution in [0.25, 0.3) is 0 Å². The van der Waals surface area contributed by atoms with Gasteiger partial charge in [0.2, 0.25) is 0 Å². The van der Waals surface area contributed by atoms with E-state index in [0.29, 0.717) is 12.1 Å². The number of carbonyl (C=O) groups is 1. The van der Waals surface area contributed by atoms with Gasteiger partial charge in [0.15, 0.2) is 0 Å². The van der Waals surface area contributed by atoms with Crippen LogP contribution >= 0.6 is 11.6 Å². The average Bonchev–Trinajstić information content (AvgIpc) is 2.47. The van der Waals surface area contributed by atoms with Crippen LogP contribution < -0.4 is 4.74 Å². The first kappa shape index (κ1) is 14.3. The summed E-state index contributed by atoms with van der Waals surface area (Å²) < 4.78 is 5.28. The van der Waals surface area contributed by atoms with Crippen LogP contribution in [0.2, 0.25) is 5.15 Å². The van der Waals surface area contributed by atoms with Crippen molar-refractivity contribution in [1.82, 2.24) is 9.88 Å². The van der Waals surface area contributed by atoms with Crippen molar-refractivity contribution in [3.63, 3.8) is 0 Å². The second-order valence-corrected chi connectivity index (χ2v) is 4.67. The van der Waals surface area contributed by atoms with Crippen LogP contribution in [0, 0.1) is 0 Å². The maximum atomic E-state index is 12.3. The number of hydrogen-bond acceptors (Lipinski definition) is 3. The third-order valence-corrected chi connectivity index (χ3v) is 3.24. The van der Waals surface area contributed by atoms with Crippen molar-refractivity contribution in [2.24, 2.45) is 0 Å². The monoisotopic (exact) mass is 290 g/mol. The fraction of sp³-hybridized carbons (Fsp3) is 0.200. The van der Waals surface area contributed by atoms with Gasteiger partial charge in [0.1, 0.15) is 10.9 Å². The molecule has 1 heterocycles. The minimum atomic E-state index is -0.172. The Morgan fingerprint density at radius 3 is 2.75 bits per heavy atom. The van der Waals surface area contributed by atoms with Gasteiger partial charge in [-0.25, -0.2) is 4.98 Å². The Kier molecular flexibility index (Phi) is 4.58. The Morgan fingerprint density at radius 1 is 1.30 bits per heavy atom. The SMILES string of the molecule is COc1ccccc1CN(C)C(=O)c1cccnc1Cl. The van der Waals surface area contributed by atoms with Crippen LogP contribution in [0.4, 0.5) is 0 Å². The Morgan fingerprint density at radius 2 is 2.05 bits per heavy atom. The maximum absolute atomic E-state index is 12.3. The average molecular weight is 291 g/mol. The minimum absolute atomic E-state index is 0.172. The first-order valence-electron chi connectivity index (χ1n) is 6.11. The summed E-state index contributed by atoms with van der Waals surface area (Å²) in [4.78, 5) is 17.8. The van der Waals surface area contributed by atoms with Crippen LogP contribution in [0.15, 0.2) is 42.6 Å². The number of aromatic nitrogens is 1. The first-order valence-corrected chi connectivity index (χ1v) is 6.49. The summed E-state index contributed by atoms with van der Waals surface area (Å²) in [6.45, 7) is 0.439. The molecule has 0 spiro atoms. The van der Waals surface area contributed by atoms with E-state index < -0.39 is 0 Å². The summed E-state index contributed by atoms with van der Waals surface area (Å²) in [6.07, 6.45) is 1.55. The van der Waals surface area contributed by atoms with Crippen molar-refractivity contribution < 1.29 is 9.53 Å². The van der Waals surface area contributed by atoms with E-state index in [0.717, 1.165) is 11.3 Å². The van der Waals surface area contributed by atoms with E-state index in [1.807, 2.05) is 24.3 Å². The second kappa shape index (κ2) is 6.39. The van der Waals surface area contributed by atoms with Gasteiger partial charge in [-0.2, -0.15) is 0 Å². The summed E-state index contributed by atoms with van der Waals surface area (Å²) in [6, 6.07) is 10.9. The molecule has 104 valence electrons. The maximum Gasteiger partial charge on any atom is 0.257 e. The molecule has 0 saturated heterocycles. The molecular weight excluding hydrogens is 276 g/mol. The van der Waals surface area contributed by atoms with E-state index in [4.69, 9.17) is 16.3 Å². The van der Waals surface area contributed by atoms with E-state index in [2.05, 4.69) is 4.98 Å². The van der Waals surface area contributed by atoms with Gasteiger partial charge in [0.25, 0.3) is 5.91 Å². The van der Waals surface area contributed by atoms with Crippen LogP contribution in [0.5, 0.6) is 5.75 Å². The molecule has 20 heavy (non-hydrogen) atoms. The number of para-hydroxylation sites is 1. The van der Waals surface area contributed by atoms with Crippen LogP contribution in [-0.4, -0.2) is 29.9 Å². The Hall–Kier alpha value is -2.07. The van der Waals surface area contributed by atoms with Crippen LogP contribution in [0.3, 0.4) is 0 Å². The van der Waals surface area contributed by atoms with Crippen molar-refractivity contribution in [2.45, 2.75) is 6.54 Å². The molecule has 0 unspecified atom stereocenters. The Balaban J connectivity index is 2.18. The number of hydrogen-bond donors (Lipinski definition) is 0. The molecule has 0 aliphatic rings. The molecule has 0 N–H and O–H groups in total. The highest BCUT2D eigenvalue weighted by molar-refractivity contribution is 6.32. The molecule has 5 heteroatoms. The van der Waals surface area contributed by atoms with Crippen molar-refractivity contribution in [2.75, 3.05) is 14.2 Å². The number of carbonyl (C=O) groups excluding carboxylic acids is 1. The molecule has 1 amide bonds. The summed E-state index contributed by atoms with van der Waals surface area (Å²) in [7, 11) is 3.33. The van der Waals surface area contributed by atoms with E-state index in [1.165, 1.54) is 0 Å². The number of pyridine rings is 1. The highest BCUT2D eigenvalue weighted by Gasteiger charge is 2.16. The lowest BCUT2D eigenvalue weighted by molar-refractivity contribution is 0.0784. The molecule has 2 aromatic rings. The van der Waals surface area contributed by atoms with Crippen LogP contribution in [-0.2, 0) is 6.54 Å². The molecule has 0 saturated carbocycles. The Bertz CT molecular complexity index is 616. The van der Waals surface area contributed by atoms with Gasteiger partial charge in [0.05, 0.1) is 12.7 Å². The molecule has 0 aliphatic carbocycles. The molecule has 0 aliphatic heterocycles. The molecule has 4 nitrogen and oxygen atoms in total. The number of methoxy groups -OCH3 is 1. The highest BCUT2D eigenvalue weighted by atomic mass is 35.5. The lowest BCUT2D eigenvalue weighted by Crippen LogP contribution is -2.26. The number of ether oxygens (including phenoxy) is 1. The number of rotatable bonds is 4. The Labute approximate surface area is 123 Å². The van der Waals surface area contributed by atoms with E-state index in [9.17, 15) is 4.79 Å². The second-order valence-electron chi connectivity index (χ2n) is 4.31. The minimum Gasteiger partial charge on any atom is -0.496 e. The zero-order valence-electron chi connectivity index (χ0n) is 11.3. The van der Waals surface area contributed by atoms with Crippen molar-refractivity contribution in [3.8, 4) is 5.75 Å². The number of amides is 1. The lowest BCUT2D eigenvalue weighted by atomic mass is 10.1. The first-order chi connectivity index (χ1) is 9.63. The number of benzene rings is 1. The van der Waals surface area contributed by atoms with E-state index in [1.54, 1.807) is 37.4 Å². The van der Waals surface area contributed by atoms with E-state index in [-0.39, 0.29) is 11.1 Å². The molecular formula is C15H15ClN2O2. The fourth-order valence-corrected chi connectivity index (χ4v) is 2.11. The molecule has 1 aromatic carbocycles. The molecule has 0 bridgehead atoms. The number of halogens is 1. The summed E-state index contributed by atoms with van der Waals surface area (Å²) in [5.74, 6) is 0.582. The molecule has 2 rings (SSSR count). The zero-order chi connectivity index (χ0) is 14.5. The van der Waals surface area contributed by atoms with Gasteiger partial charge in [-0.1, -0.05) is 29.8 Å². The lowest BCUT2D eigenvalue weighted by Gasteiger charge is -2.19. The fourth-order valence-electron chi connectivity index (χ4n) is 1.91. The summed E-state index contributed by atoms with van der Waals surface area (Å²) in [5, 5.41) is 0.212. The zero-order valence-corrected chi connectivity index (χ0v) is 12.1. The van der Waals surface area contributed by atoms with Crippen molar-refractivity contribution in [1.29, 1.82) is 0 Å². The largest absolute Gasteiger partial charge is 0.496 e. The molecule has 0 fully saturated rings. The smallest absolute Gasteiger partial charge is 0.257 e. The third kappa shape index (κ3) is 3.08. The molecule has 0 atom stereocenters. The third-order valence-electron chi connectivity index (χ3n) is 2.94. The van der Waals surface area contributed by atoms with Gasteiger partial charge in [-0.05, 0) is 18.2 Å². The van der Waals surface area contributed by atoms with Crippen molar-refractivity contribution in [3.05, 3.63) is 58.9 Å². The van der Waals surface area contributed by atoms with Gasteiger partial charge in [-0.15, -0.1) is 0 Å². The predicted octanol–water partition coefficient (Wildman–Crippen LogP) is 3.02. The van der Waals surface area contributed by atoms with E-state index >= 15 is 0 Å². The van der Waals surface area contributed by atoms with Crippen molar-refractivity contribution >= 4 is 17.5 Å². The quantitative estimate of drug-likeness (QED) is 0.813. The predicted molar refractivity (Wildman–Crippen MR) is 78.0 cm³/mol. The normalized spacial score (nSPS) is 10.2. The molecule has 1 aromatic heterocycles. The number of nitrogens with zero attached hydrogens (tertiary/aromatic N) is 2. The van der Waals surface area contributed by atoms with Gasteiger partial charge in [0, 0.05) is 25.4 Å². The topological polar surface area (TPSA) is 42.4 Å².